The molecule has 4 aromatic carbocycles. The summed E-state index contributed by atoms with van der Waals surface area (Å²) < 4.78 is 0. The van der Waals surface area contributed by atoms with E-state index in [4.69, 9.17) is 0 Å². The molecule has 0 heteroatoms. The van der Waals surface area contributed by atoms with Crippen molar-refractivity contribution in [2.75, 3.05) is 0 Å². The minimum atomic E-state index is 0.439. The Kier molecular flexibility index (Phi) is 6.24. The molecule has 2 atom stereocenters. The third-order valence-electron chi connectivity index (χ3n) is 7.61. The molecule has 170 valence electrons. The summed E-state index contributed by atoms with van der Waals surface area (Å²) in [5.41, 5.74) is 14.3. The van der Waals surface area contributed by atoms with Crippen molar-refractivity contribution in [2.24, 2.45) is 11.8 Å². The Morgan fingerprint density at radius 2 is 0.853 bits per heavy atom. The first-order chi connectivity index (χ1) is 16.5. The van der Waals surface area contributed by atoms with E-state index in [2.05, 4.69) is 125 Å². The van der Waals surface area contributed by atoms with Crippen LogP contribution in [0.15, 0.2) is 103 Å². The molecule has 0 aromatic heterocycles. The molecule has 1 aliphatic carbocycles. The van der Waals surface area contributed by atoms with Crippen molar-refractivity contribution in [1.29, 1.82) is 0 Å². The maximum Gasteiger partial charge on any atom is -0.00990 e. The lowest BCUT2D eigenvalue weighted by Gasteiger charge is -2.27. The average Bonchev–Trinajstić information content (AvgIpc) is 3.17. The quantitative estimate of drug-likeness (QED) is 0.246. The molecule has 2 unspecified atom stereocenters. The molecule has 0 heterocycles. The van der Waals surface area contributed by atoms with Crippen LogP contribution in [0.2, 0.25) is 0 Å². The second kappa shape index (κ2) is 9.47. The number of hydrogen-bond acceptors (Lipinski definition) is 0. The van der Waals surface area contributed by atoms with Gasteiger partial charge in [-0.1, -0.05) is 116 Å². The Labute approximate surface area is 205 Å². The molecule has 0 nitrogen and oxygen atoms in total. The summed E-state index contributed by atoms with van der Waals surface area (Å²) in [5.74, 6) is 0.878. The molecule has 0 spiro atoms. The van der Waals surface area contributed by atoms with Gasteiger partial charge in [-0.25, -0.2) is 0 Å². The Morgan fingerprint density at radius 3 is 1.26 bits per heavy atom. The van der Waals surface area contributed by atoms with Crippen molar-refractivity contribution in [2.45, 2.75) is 40.5 Å². The summed E-state index contributed by atoms with van der Waals surface area (Å²) in [5, 5.41) is 0. The van der Waals surface area contributed by atoms with Gasteiger partial charge in [-0.3, -0.25) is 0 Å². The summed E-state index contributed by atoms with van der Waals surface area (Å²) in [6, 6.07) is 35.7. The van der Waals surface area contributed by atoms with Crippen LogP contribution in [0.5, 0.6) is 0 Å². The number of allylic oxidation sites excluding steroid dienone is 1. The number of rotatable bonds is 6. The normalized spacial score (nSPS) is 13.8. The smallest absolute Gasteiger partial charge is 0.00990 e. The van der Waals surface area contributed by atoms with E-state index >= 15 is 0 Å². The van der Waals surface area contributed by atoms with Crippen LogP contribution in [0.1, 0.15) is 47.2 Å². The van der Waals surface area contributed by atoms with E-state index in [1.54, 1.807) is 5.57 Å². The van der Waals surface area contributed by atoms with Crippen LogP contribution >= 0.6 is 0 Å². The standard InChI is InChI=1S/C34H34/c1-23-13-5-7-15-27(23)21-25(3)33(26(4)22-28-16-8-6-14-24(28)2)34-31-19-11-9-17-29(31)30-18-10-12-20-32(30)34/h5-20,25-26H,21-22H2,1-4H3. The number of fused-ring (bicyclic) bond motifs is 3. The number of benzene rings is 4. The molecule has 1 aliphatic rings. The van der Waals surface area contributed by atoms with Gasteiger partial charge in [-0.2, -0.15) is 0 Å². The SMILES string of the molecule is Cc1ccccc1CC(C)C(=C1c2ccccc2-c2ccccc21)C(C)Cc1ccccc1C. The second-order valence-corrected chi connectivity index (χ2v) is 9.98. The molecule has 34 heavy (non-hydrogen) atoms. The lowest BCUT2D eigenvalue weighted by molar-refractivity contribution is 0.550. The third-order valence-corrected chi connectivity index (χ3v) is 7.61. The topological polar surface area (TPSA) is 0 Å². The van der Waals surface area contributed by atoms with Gasteiger partial charge in [-0.15, -0.1) is 0 Å². The van der Waals surface area contributed by atoms with Crippen molar-refractivity contribution in [3.8, 4) is 11.1 Å². The van der Waals surface area contributed by atoms with Gasteiger partial charge in [0, 0.05) is 0 Å². The molecular weight excluding hydrogens is 408 g/mol. The average molecular weight is 443 g/mol. The summed E-state index contributed by atoms with van der Waals surface area (Å²) >= 11 is 0. The van der Waals surface area contributed by atoms with Crippen LogP contribution in [-0.2, 0) is 12.8 Å². The minimum Gasteiger partial charge on any atom is -0.0620 e. The lowest BCUT2D eigenvalue weighted by atomic mass is 9.77. The van der Waals surface area contributed by atoms with Gasteiger partial charge in [-0.05, 0) is 88.6 Å². The number of hydrogen-bond donors (Lipinski definition) is 0. The van der Waals surface area contributed by atoms with E-state index in [0.717, 1.165) is 12.8 Å². The van der Waals surface area contributed by atoms with Crippen LogP contribution in [-0.4, -0.2) is 0 Å². The highest BCUT2D eigenvalue weighted by atomic mass is 14.3. The first-order valence-corrected chi connectivity index (χ1v) is 12.6. The zero-order chi connectivity index (χ0) is 23.7. The summed E-state index contributed by atoms with van der Waals surface area (Å²) in [7, 11) is 0. The summed E-state index contributed by atoms with van der Waals surface area (Å²) in [6.45, 7) is 9.36. The van der Waals surface area contributed by atoms with Gasteiger partial charge < -0.3 is 0 Å². The Hall–Kier alpha value is -3.38. The third kappa shape index (κ3) is 4.14. The molecule has 0 N–H and O–H groups in total. The van der Waals surface area contributed by atoms with Crippen molar-refractivity contribution in [3.05, 3.63) is 136 Å². The fourth-order valence-corrected chi connectivity index (χ4v) is 5.86. The van der Waals surface area contributed by atoms with Gasteiger partial charge in [0.2, 0.25) is 0 Å². The molecule has 5 rings (SSSR count). The maximum absolute atomic E-state index is 2.44. The second-order valence-electron chi connectivity index (χ2n) is 9.98. The maximum atomic E-state index is 2.44. The number of aryl methyl sites for hydroxylation is 2. The van der Waals surface area contributed by atoms with Gasteiger partial charge in [0.25, 0.3) is 0 Å². The van der Waals surface area contributed by atoms with E-state index < -0.39 is 0 Å². The minimum absolute atomic E-state index is 0.439. The lowest BCUT2D eigenvalue weighted by Crippen LogP contribution is -2.16. The van der Waals surface area contributed by atoms with E-state index in [1.165, 1.54) is 50.1 Å². The van der Waals surface area contributed by atoms with E-state index in [1.807, 2.05) is 0 Å². The predicted molar refractivity (Wildman–Crippen MR) is 146 cm³/mol. The molecule has 0 saturated carbocycles. The van der Waals surface area contributed by atoms with Gasteiger partial charge in [0.05, 0.1) is 0 Å². The monoisotopic (exact) mass is 442 g/mol. The summed E-state index contributed by atoms with van der Waals surface area (Å²) in [4.78, 5) is 0. The van der Waals surface area contributed by atoms with Gasteiger partial charge in [0.1, 0.15) is 0 Å². The van der Waals surface area contributed by atoms with Crippen LogP contribution in [0.4, 0.5) is 0 Å². The molecule has 0 aliphatic heterocycles. The van der Waals surface area contributed by atoms with Crippen LogP contribution in [0, 0.1) is 25.7 Å². The highest BCUT2D eigenvalue weighted by Crippen LogP contribution is 2.48. The van der Waals surface area contributed by atoms with Crippen molar-refractivity contribution >= 4 is 5.57 Å². The fraction of sp³-hybridized carbons (Fsp3) is 0.235. The molecule has 0 radical (unpaired) electrons. The zero-order valence-corrected chi connectivity index (χ0v) is 20.8. The molecule has 0 amide bonds. The molecule has 4 aromatic rings. The van der Waals surface area contributed by atoms with Gasteiger partial charge in [0.15, 0.2) is 0 Å². The van der Waals surface area contributed by atoms with Crippen LogP contribution in [0.3, 0.4) is 0 Å². The van der Waals surface area contributed by atoms with Crippen LogP contribution < -0.4 is 0 Å². The molecule has 0 fully saturated rings. The largest absolute Gasteiger partial charge is 0.0620 e. The van der Waals surface area contributed by atoms with Crippen molar-refractivity contribution in [3.63, 3.8) is 0 Å². The van der Waals surface area contributed by atoms with E-state index in [9.17, 15) is 0 Å². The van der Waals surface area contributed by atoms with E-state index in [-0.39, 0.29) is 0 Å². The van der Waals surface area contributed by atoms with Crippen molar-refractivity contribution < 1.29 is 0 Å². The molecule has 0 saturated heterocycles. The highest BCUT2D eigenvalue weighted by molar-refractivity contribution is 6.02. The molecular formula is C34H34. The van der Waals surface area contributed by atoms with Gasteiger partial charge >= 0.3 is 0 Å². The van der Waals surface area contributed by atoms with Crippen molar-refractivity contribution in [1.82, 2.24) is 0 Å². The Balaban J connectivity index is 1.67. The zero-order valence-electron chi connectivity index (χ0n) is 20.8. The Morgan fingerprint density at radius 1 is 0.500 bits per heavy atom. The van der Waals surface area contributed by atoms with E-state index in [0.29, 0.717) is 11.8 Å². The fourth-order valence-electron chi connectivity index (χ4n) is 5.86. The highest BCUT2D eigenvalue weighted by Gasteiger charge is 2.30. The first-order valence-electron chi connectivity index (χ1n) is 12.6. The Bertz CT molecular complexity index is 1250. The first kappa shape index (κ1) is 22.4. The summed E-state index contributed by atoms with van der Waals surface area (Å²) in [6.07, 6.45) is 2.13. The molecule has 0 bridgehead atoms. The predicted octanol–water partition coefficient (Wildman–Crippen LogP) is 8.84. The van der Waals surface area contributed by atoms with Crippen LogP contribution in [0.25, 0.3) is 16.7 Å².